The topological polar surface area (TPSA) is 49.3 Å². The van der Waals surface area contributed by atoms with Crippen LogP contribution in [0.3, 0.4) is 0 Å². The van der Waals surface area contributed by atoms with Crippen molar-refractivity contribution in [2.45, 2.75) is 26.2 Å². The second-order valence-corrected chi connectivity index (χ2v) is 6.60. The third-order valence-electron chi connectivity index (χ3n) is 4.15. The summed E-state index contributed by atoms with van der Waals surface area (Å²) in [4.78, 5) is 20.6. The average Bonchev–Trinajstić information content (AvgIpc) is 2.91. The Morgan fingerprint density at radius 3 is 2.75 bits per heavy atom. The van der Waals surface area contributed by atoms with Gasteiger partial charge in [0.05, 0.1) is 0 Å². The Balaban J connectivity index is 1.62. The molecule has 0 saturated carbocycles. The fourth-order valence-corrected chi connectivity index (χ4v) is 3.55. The van der Waals surface area contributed by atoms with Crippen LogP contribution in [-0.2, 0) is 11.2 Å². The summed E-state index contributed by atoms with van der Waals surface area (Å²) < 4.78 is 17.4. The molecule has 0 aliphatic carbocycles. The summed E-state index contributed by atoms with van der Waals surface area (Å²) in [6.45, 7) is 5.12. The molecular weight excluding hydrogens is 327 g/mol. The summed E-state index contributed by atoms with van der Waals surface area (Å²) in [6, 6.07) is 6.43. The number of aromatic nitrogens is 2. The SMILES string of the molecule is CCC(=O)N1CCCN(c2nc(Cc3ccc(F)cc3)ns2)CC1. The number of hydrogen-bond donors (Lipinski definition) is 0. The normalized spacial score (nSPS) is 15.4. The zero-order valence-corrected chi connectivity index (χ0v) is 14.6. The van der Waals surface area contributed by atoms with Crippen LogP contribution in [0.4, 0.5) is 9.52 Å². The Morgan fingerprint density at radius 2 is 2.00 bits per heavy atom. The van der Waals surface area contributed by atoms with E-state index in [1.807, 2.05) is 11.8 Å². The molecule has 1 saturated heterocycles. The number of hydrogen-bond acceptors (Lipinski definition) is 5. The molecule has 1 aromatic carbocycles. The molecule has 128 valence electrons. The number of rotatable bonds is 4. The molecule has 0 spiro atoms. The van der Waals surface area contributed by atoms with E-state index in [1.54, 1.807) is 12.1 Å². The summed E-state index contributed by atoms with van der Waals surface area (Å²) in [5.74, 6) is 0.736. The van der Waals surface area contributed by atoms with Crippen LogP contribution >= 0.6 is 11.5 Å². The first-order chi connectivity index (χ1) is 11.7. The summed E-state index contributed by atoms with van der Waals surface area (Å²) in [6.07, 6.45) is 2.10. The standard InChI is InChI=1S/C17H21FN4OS/c1-2-16(23)21-8-3-9-22(11-10-21)17-19-15(20-24-17)12-13-4-6-14(18)7-5-13/h4-7H,2-3,8-12H2,1H3. The molecular formula is C17H21FN4OS. The van der Waals surface area contributed by atoms with Gasteiger partial charge in [-0.3, -0.25) is 4.79 Å². The van der Waals surface area contributed by atoms with Crippen molar-refractivity contribution in [3.05, 3.63) is 41.5 Å². The molecule has 7 heteroatoms. The van der Waals surface area contributed by atoms with Gasteiger partial charge in [-0.05, 0) is 24.1 Å². The highest BCUT2D eigenvalue weighted by molar-refractivity contribution is 7.09. The lowest BCUT2D eigenvalue weighted by molar-refractivity contribution is -0.130. The third-order valence-corrected chi connectivity index (χ3v) is 4.97. The average molecular weight is 348 g/mol. The largest absolute Gasteiger partial charge is 0.345 e. The van der Waals surface area contributed by atoms with Crippen molar-refractivity contribution in [1.82, 2.24) is 14.3 Å². The first-order valence-electron chi connectivity index (χ1n) is 8.25. The number of benzene rings is 1. The molecule has 1 aliphatic rings. The van der Waals surface area contributed by atoms with E-state index in [4.69, 9.17) is 0 Å². The van der Waals surface area contributed by atoms with Crippen LogP contribution in [0, 0.1) is 5.82 Å². The van der Waals surface area contributed by atoms with E-state index in [1.165, 1.54) is 23.7 Å². The van der Waals surface area contributed by atoms with Crippen LogP contribution < -0.4 is 4.90 Å². The molecule has 2 aromatic rings. The van der Waals surface area contributed by atoms with Crippen LogP contribution in [-0.4, -0.2) is 46.3 Å². The van der Waals surface area contributed by atoms with Crippen molar-refractivity contribution in [3.8, 4) is 0 Å². The van der Waals surface area contributed by atoms with Crippen molar-refractivity contribution in [1.29, 1.82) is 0 Å². The van der Waals surface area contributed by atoms with Crippen LogP contribution in [0.2, 0.25) is 0 Å². The van der Waals surface area contributed by atoms with Crippen molar-refractivity contribution in [2.24, 2.45) is 0 Å². The third kappa shape index (κ3) is 4.08. The maximum Gasteiger partial charge on any atom is 0.222 e. The summed E-state index contributed by atoms with van der Waals surface area (Å²) in [5, 5.41) is 0.901. The van der Waals surface area contributed by atoms with Gasteiger partial charge in [0.1, 0.15) is 11.6 Å². The summed E-state index contributed by atoms with van der Waals surface area (Å²) >= 11 is 1.39. The maximum atomic E-state index is 13.0. The molecule has 0 radical (unpaired) electrons. The van der Waals surface area contributed by atoms with E-state index >= 15 is 0 Å². The Labute approximate surface area is 145 Å². The second kappa shape index (κ2) is 7.70. The van der Waals surface area contributed by atoms with Crippen LogP contribution in [0.5, 0.6) is 0 Å². The highest BCUT2D eigenvalue weighted by Crippen LogP contribution is 2.21. The zero-order valence-electron chi connectivity index (χ0n) is 13.7. The highest BCUT2D eigenvalue weighted by atomic mass is 32.1. The minimum Gasteiger partial charge on any atom is -0.345 e. The molecule has 24 heavy (non-hydrogen) atoms. The van der Waals surface area contributed by atoms with Gasteiger partial charge in [-0.15, -0.1) is 0 Å². The first-order valence-corrected chi connectivity index (χ1v) is 9.03. The lowest BCUT2D eigenvalue weighted by Crippen LogP contribution is -2.34. The number of anilines is 1. The second-order valence-electron chi connectivity index (χ2n) is 5.87. The monoisotopic (exact) mass is 348 g/mol. The molecule has 1 aromatic heterocycles. The number of halogens is 1. The number of nitrogens with zero attached hydrogens (tertiary/aromatic N) is 4. The van der Waals surface area contributed by atoms with Gasteiger partial charge in [0.15, 0.2) is 0 Å². The molecule has 1 amide bonds. The van der Waals surface area contributed by atoms with Crippen LogP contribution in [0.15, 0.2) is 24.3 Å². The first kappa shape index (κ1) is 16.8. The summed E-state index contributed by atoms with van der Waals surface area (Å²) in [5.41, 5.74) is 0.997. The minimum absolute atomic E-state index is 0.214. The van der Waals surface area contributed by atoms with Gasteiger partial charge in [0.2, 0.25) is 11.0 Å². The Bertz CT molecular complexity index is 688. The van der Waals surface area contributed by atoms with Gasteiger partial charge in [-0.25, -0.2) is 9.37 Å². The van der Waals surface area contributed by atoms with E-state index < -0.39 is 0 Å². The fraction of sp³-hybridized carbons (Fsp3) is 0.471. The van der Waals surface area contributed by atoms with E-state index in [9.17, 15) is 9.18 Å². The van der Waals surface area contributed by atoms with Crippen molar-refractivity contribution >= 4 is 22.6 Å². The Kier molecular flexibility index (Phi) is 5.40. The van der Waals surface area contributed by atoms with Gasteiger partial charge in [-0.2, -0.15) is 4.37 Å². The molecule has 3 rings (SSSR count). The molecule has 2 heterocycles. The minimum atomic E-state index is -0.235. The van der Waals surface area contributed by atoms with E-state index in [2.05, 4.69) is 14.3 Å². The lowest BCUT2D eigenvalue weighted by atomic mass is 10.1. The van der Waals surface area contributed by atoms with E-state index in [0.717, 1.165) is 49.1 Å². The molecule has 0 atom stereocenters. The molecule has 5 nitrogen and oxygen atoms in total. The van der Waals surface area contributed by atoms with Gasteiger partial charge < -0.3 is 9.80 Å². The van der Waals surface area contributed by atoms with Crippen LogP contribution in [0.25, 0.3) is 0 Å². The predicted molar refractivity (Wildman–Crippen MR) is 92.8 cm³/mol. The van der Waals surface area contributed by atoms with E-state index in [-0.39, 0.29) is 11.7 Å². The molecule has 0 unspecified atom stereocenters. The van der Waals surface area contributed by atoms with Gasteiger partial charge in [-0.1, -0.05) is 19.1 Å². The Hall–Kier alpha value is -2.02. The van der Waals surface area contributed by atoms with Crippen molar-refractivity contribution < 1.29 is 9.18 Å². The van der Waals surface area contributed by atoms with Gasteiger partial charge in [0.25, 0.3) is 0 Å². The fourth-order valence-electron chi connectivity index (χ4n) is 2.81. The molecule has 1 aliphatic heterocycles. The zero-order chi connectivity index (χ0) is 16.9. The van der Waals surface area contributed by atoms with Crippen molar-refractivity contribution in [3.63, 3.8) is 0 Å². The van der Waals surface area contributed by atoms with E-state index in [0.29, 0.717) is 12.8 Å². The van der Waals surface area contributed by atoms with Crippen LogP contribution in [0.1, 0.15) is 31.2 Å². The highest BCUT2D eigenvalue weighted by Gasteiger charge is 2.20. The smallest absolute Gasteiger partial charge is 0.222 e. The van der Waals surface area contributed by atoms with Crippen molar-refractivity contribution in [2.75, 3.05) is 31.1 Å². The molecule has 0 N–H and O–H groups in total. The molecule has 1 fully saturated rings. The number of carbonyl (C=O) groups is 1. The maximum absolute atomic E-state index is 13.0. The lowest BCUT2D eigenvalue weighted by Gasteiger charge is -2.20. The summed E-state index contributed by atoms with van der Waals surface area (Å²) in [7, 11) is 0. The number of amides is 1. The van der Waals surface area contributed by atoms with Gasteiger partial charge >= 0.3 is 0 Å². The quantitative estimate of drug-likeness (QED) is 0.852. The number of carbonyl (C=O) groups excluding carboxylic acids is 1. The molecule has 0 bridgehead atoms. The predicted octanol–water partition coefficient (Wildman–Crippen LogP) is 2.72. The Morgan fingerprint density at radius 1 is 1.21 bits per heavy atom. The van der Waals surface area contributed by atoms with Gasteiger partial charge in [0, 0.05) is 50.6 Å².